The molecule has 6 heteroatoms. The third-order valence-corrected chi connectivity index (χ3v) is 3.11. The van der Waals surface area contributed by atoms with E-state index in [1.807, 2.05) is 12.1 Å². The summed E-state index contributed by atoms with van der Waals surface area (Å²) in [4.78, 5) is 8.23. The van der Waals surface area contributed by atoms with E-state index < -0.39 is 0 Å². The average Bonchev–Trinajstić information content (AvgIpc) is 2.55. The standard InChI is InChI=1S/C17H12ClFN2O2/c18-16-10-15(8-9-20-16)23-17-3-1-2-13(21-17)11-22-14-6-4-12(19)5-7-14/h1-10H,11H2. The van der Waals surface area contributed by atoms with Crippen molar-refractivity contribution in [3.8, 4) is 17.4 Å². The van der Waals surface area contributed by atoms with Crippen LogP contribution in [0.15, 0.2) is 60.8 Å². The fourth-order valence-electron chi connectivity index (χ4n) is 1.85. The summed E-state index contributed by atoms with van der Waals surface area (Å²) in [5.41, 5.74) is 0.687. The Hall–Kier alpha value is -2.66. The molecule has 0 spiro atoms. The Bertz CT molecular complexity index is 797. The normalized spacial score (nSPS) is 10.3. The van der Waals surface area contributed by atoms with E-state index in [0.717, 1.165) is 0 Å². The van der Waals surface area contributed by atoms with Crippen LogP contribution in [0.5, 0.6) is 17.4 Å². The molecule has 2 aromatic heterocycles. The zero-order valence-electron chi connectivity index (χ0n) is 11.9. The van der Waals surface area contributed by atoms with E-state index in [4.69, 9.17) is 21.1 Å². The molecule has 0 saturated carbocycles. The molecule has 0 aliphatic carbocycles. The highest BCUT2D eigenvalue weighted by Crippen LogP contribution is 2.21. The van der Waals surface area contributed by atoms with Gasteiger partial charge in [0.2, 0.25) is 5.88 Å². The first-order chi connectivity index (χ1) is 11.2. The molecular formula is C17H12ClFN2O2. The van der Waals surface area contributed by atoms with Gasteiger partial charge < -0.3 is 9.47 Å². The summed E-state index contributed by atoms with van der Waals surface area (Å²) in [6.45, 7) is 0.250. The Balaban J connectivity index is 1.66. The summed E-state index contributed by atoms with van der Waals surface area (Å²) in [5.74, 6) is 1.24. The first-order valence-electron chi connectivity index (χ1n) is 6.83. The van der Waals surface area contributed by atoms with Gasteiger partial charge in [-0.1, -0.05) is 17.7 Å². The van der Waals surface area contributed by atoms with Crippen molar-refractivity contribution in [2.24, 2.45) is 0 Å². The lowest BCUT2D eigenvalue weighted by atomic mass is 10.3. The SMILES string of the molecule is Fc1ccc(OCc2cccc(Oc3ccnc(Cl)c3)n2)cc1. The van der Waals surface area contributed by atoms with Crippen LogP contribution in [0.25, 0.3) is 0 Å². The summed E-state index contributed by atoms with van der Waals surface area (Å²) >= 11 is 5.81. The van der Waals surface area contributed by atoms with Gasteiger partial charge in [0.1, 0.15) is 29.1 Å². The van der Waals surface area contributed by atoms with Crippen LogP contribution in [-0.4, -0.2) is 9.97 Å². The highest BCUT2D eigenvalue weighted by atomic mass is 35.5. The molecule has 0 amide bonds. The van der Waals surface area contributed by atoms with E-state index >= 15 is 0 Å². The number of nitrogens with zero attached hydrogens (tertiary/aromatic N) is 2. The molecule has 2 heterocycles. The predicted octanol–water partition coefficient (Wildman–Crippen LogP) is 4.64. The number of hydrogen-bond acceptors (Lipinski definition) is 4. The molecule has 3 aromatic rings. The zero-order chi connectivity index (χ0) is 16.1. The minimum Gasteiger partial charge on any atom is -0.487 e. The Morgan fingerprint density at radius 3 is 2.61 bits per heavy atom. The third-order valence-electron chi connectivity index (χ3n) is 2.90. The summed E-state index contributed by atoms with van der Waals surface area (Å²) in [5, 5.41) is 0.346. The molecular weight excluding hydrogens is 319 g/mol. The van der Waals surface area contributed by atoms with Crippen LogP contribution in [0.3, 0.4) is 0 Å². The molecule has 0 atom stereocenters. The first kappa shape index (κ1) is 15.2. The Morgan fingerprint density at radius 1 is 1.00 bits per heavy atom. The summed E-state index contributed by atoms with van der Waals surface area (Å²) < 4.78 is 24.0. The molecule has 0 saturated heterocycles. The molecule has 3 rings (SSSR count). The second-order valence-corrected chi connectivity index (χ2v) is 5.01. The van der Waals surface area contributed by atoms with Crippen molar-refractivity contribution in [1.29, 1.82) is 0 Å². The molecule has 1 aromatic carbocycles. The molecule has 0 N–H and O–H groups in total. The van der Waals surface area contributed by atoms with Gasteiger partial charge in [0.05, 0.1) is 5.69 Å². The Labute approximate surface area is 137 Å². The molecule has 0 bridgehead atoms. The molecule has 4 nitrogen and oxygen atoms in total. The monoisotopic (exact) mass is 330 g/mol. The topological polar surface area (TPSA) is 44.2 Å². The highest BCUT2D eigenvalue weighted by molar-refractivity contribution is 6.29. The maximum absolute atomic E-state index is 12.8. The van der Waals surface area contributed by atoms with E-state index in [0.29, 0.717) is 28.2 Å². The maximum Gasteiger partial charge on any atom is 0.219 e. The van der Waals surface area contributed by atoms with E-state index in [9.17, 15) is 4.39 Å². The van der Waals surface area contributed by atoms with Gasteiger partial charge >= 0.3 is 0 Å². The Morgan fingerprint density at radius 2 is 1.83 bits per heavy atom. The predicted molar refractivity (Wildman–Crippen MR) is 84.3 cm³/mol. The maximum atomic E-state index is 12.8. The van der Waals surface area contributed by atoms with E-state index in [1.54, 1.807) is 36.5 Å². The summed E-state index contributed by atoms with van der Waals surface area (Å²) in [6.07, 6.45) is 1.55. The van der Waals surface area contributed by atoms with Crippen molar-refractivity contribution in [3.63, 3.8) is 0 Å². The number of rotatable bonds is 5. The van der Waals surface area contributed by atoms with Crippen LogP contribution in [0.4, 0.5) is 4.39 Å². The number of ether oxygens (including phenoxy) is 2. The molecule has 23 heavy (non-hydrogen) atoms. The van der Waals surface area contributed by atoms with Crippen molar-refractivity contribution in [2.75, 3.05) is 0 Å². The quantitative estimate of drug-likeness (QED) is 0.639. The molecule has 0 radical (unpaired) electrons. The Kier molecular flexibility index (Phi) is 4.68. The largest absolute Gasteiger partial charge is 0.487 e. The highest BCUT2D eigenvalue weighted by Gasteiger charge is 2.03. The molecule has 0 unspecified atom stereocenters. The van der Waals surface area contributed by atoms with E-state index in [-0.39, 0.29) is 12.4 Å². The van der Waals surface area contributed by atoms with Crippen molar-refractivity contribution >= 4 is 11.6 Å². The van der Waals surface area contributed by atoms with Gasteiger partial charge in [-0.05, 0) is 36.4 Å². The summed E-state index contributed by atoms with van der Waals surface area (Å²) in [7, 11) is 0. The van der Waals surface area contributed by atoms with Gasteiger partial charge in [-0.15, -0.1) is 0 Å². The van der Waals surface area contributed by atoms with Crippen LogP contribution < -0.4 is 9.47 Å². The molecule has 0 fully saturated rings. The van der Waals surface area contributed by atoms with Crippen LogP contribution in [0, 0.1) is 5.82 Å². The van der Waals surface area contributed by atoms with Crippen molar-refractivity contribution < 1.29 is 13.9 Å². The number of aromatic nitrogens is 2. The van der Waals surface area contributed by atoms with Crippen molar-refractivity contribution in [1.82, 2.24) is 9.97 Å². The minimum absolute atomic E-state index is 0.250. The lowest BCUT2D eigenvalue weighted by molar-refractivity contribution is 0.299. The number of hydrogen-bond donors (Lipinski definition) is 0. The molecule has 116 valence electrons. The lowest BCUT2D eigenvalue weighted by Gasteiger charge is -2.08. The van der Waals surface area contributed by atoms with Gasteiger partial charge in [0, 0.05) is 18.3 Å². The van der Waals surface area contributed by atoms with E-state index in [1.165, 1.54) is 12.1 Å². The number of halogens is 2. The van der Waals surface area contributed by atoms with Crippen molar-refractivity contribution in [2.45, 2.75) is 6.61 Å². The molecule has 0 aliphatic rings. The first-order valence-corrected chi connectivity index (χ1v) is 7.20. The minimum atomic E-state index is -0.304. The van der Waals surface area contributed by atoms with Gasteiger partial charge in [0.15, 0.2) is 0 Å². The second kappa shape index (κ2) is 7.07. The molecule has 0 aliphatic heterocycles. The van der Waals surface area contributed by atoms with Gasteiger partial charge in [-0.3, -0.25) is 0 Å². The van der Waals surface area contributed by atoms with Gasteiger partial charge in [-0.25, -0.2) is 14.4 Å². The fourth-order valence-corrected chi connectivity index (χ4v) is 2.02. The number of benzene rings is 1. The number of pyridine rings is 2. The van der Waals surface area contributed by atoms with Crippen molar-refractivity contribution in [3.05, 3.63) is 77.5 Å². The fraction of sp³-hybridized carbons (Fsp3) is 0.0588. The van der Waals surface area contributed by atoms with Crippen LogP contribution in [0.1, 0.15) is 5.69 Å². The van der Waals surface area contributed by atoms with Gasteiger partial charge in [-0.2, -0.15) is 0 Å². The van der Waals surface area contributed by atoms with Gasteiger partial charge in [0.25, 0.3) is 0 Å². The smallest absolute Gasteiger partial charge is 0.219 e. The third kappa shape index (κ3) is 4.40. The lowest BCUT2D eigenvalue weighted by Crippen LogP contribution is -1.99. The van der Waals surface area contributed by atoms with Crippen LogP contribution in [0.2, 0.25) is 5.15 Å². The second-order valence-electron chi connectivity index (χ2n) is 4.63. The van der Waals surface area contributed by atoms with E-state index in [2.05, 4.69) is 9.97 Å². The zero-order valence-corrected chi connectivity index (χ0v) is 12.7. The summed E-state index contributed by atoms with van der Waals surface area (Å²) in [6, 6.07) is 14.5. The van der Waals surface area contributed by atoms with Crippen LogP contribution in [-0.2, 0) is 6.61 Å². The van der Waals surface area contributed by atoms with Crippen LogP contribution >= 0.6 is 11.6 Å². The average molecular weight is 331 g/mol.